The van der Waals surface area contributed by atoms with Crippen molar-refractivity contribution in [3.63, 3.8) is 0 Å². The van der Waals surface area contributed by atoms with E-state index in [4.69, 9.17) is 4.42 Å². The highest BCUT2D eigenvalue weighted by atomic mass is 16.4. The highest BCUT2D eigenvalue weighted by Gasteiger charge is 2.27. The van der Waals surface area contributed by atoms with Crippen molar-refractivity contribution in [1.29, 1.82) is 0 Å². The van der Waals surface area contributed by atoms with Crippen LogP contribution in [0.1, 0.15) is 38.4 Å². The molecule has 3 heteroatoms. The number of furan rings is 1. The topological polar surface area (TPSA) is 45.4 Å². The van der Waals surface area contributed by atoms with Gasteiger partial charge in [-0.05, 0) is 31.9 Å². The number of hydrogen-bond donors (Lipinski definition) is 2. The summed E-state index contributed by atoms with van der Waals surface area (Å²) in [7, 11) is 0. The van der Waals surface area contributed by atoms with Gasteiger partial charge >= 0.3 is 0 Å². The predicted molar refractivity (Wildman–Crippen MR) is 58.5 cm³/mol. The molecule has 15 heavy (non-hydrogen) atoms. The Hall–Kier alpha value is -0.800. The summed E-state index contributed by atoms with van der Waals surface area (Å²) in [6.07, 6.45) is 6.67. The van der Waals surface area contributed by atoms with Crippen LogP contribution in [0, 0.1) is 0 Å². The summed E-state index contributed by atoms with van der Waals surface area (Å²) in [6.45, 7) is 2.35. The zero-order chi connectivity index (χ0) is 10.7. The number of rotatable bonds is 4. The molecule has 2 N–H and O–H groups in total. The van der Waals surface area contributed by atoms with Crippen molar-refractivity contribution in [1.82, 2.24) is 5.32 Å². The molecule has 1 aliphatic rings. The highest BCUT2D eigenvalue weighted by Crippen LogP contribution is 2.22. The van der Waals surface area contributed by atoms with Gasteiger partial charge in [0, 0.05) is 12.6 Å². The summed E-state index contributed by atoms with van der Waals surface area (Å²) in [5, 5.41) is 13.6. The van der Waals surface area contributed by atoms with Crippen LogP contribution in [0.2, 0.25) is 0 Å². The fourth-order valence-electron chi connectivity index (χ4n) is 2.15. The van der Waals surface area contributed by atoms with Gasteiger partial charge in [0.2, 0.25) is 0 Å². The molecule has 0 saturated heterocycles. The van der Waals surface area contributed by atoms with E-state index in [1.165, 1.54) is 25.7 Å². The van der Waals surface area contributed by atoms with Crippen molar-refractivity contribution in [3.8, 4) is 0 Å². The van der Waals surface area contributed by atoms with E-state index >= 15 is 0 Å². The van der Waals surface area contributed by atoms with Crippen LogP contribution in [0.25, 0.3) is 0 Å². The maximum atomic E-state index is 10.2. The van der Waals surface area contributed by atoms with Crippen LogP contribution in [0.4, 0.5) is 0 Å². The molecule has 3 nitrogen and oxygen atoms in total. The third-order valence-electron chi connectivity index (χ3n) is 3.14. The quantitative estimate of drug-likeness (QED) is 0.797. The molecular formula is C12H19NO2. The minimum absolute atomic E-state index is 0.561. The van der Waals surface area contributed by atoms with E-state index in [0.29, 0.717) is 18.3 Å². The first-order valence-electron chi connectivity index (χ1n) is 5.68. The molecule has 0 aliphatic heterocycles. The summed E-state index contributed by atoms with van der Waals surface area (Å²) in [5.74, 6) is 0.632. The van der Waals surface area contributed by atoms with Gasteiger partial charge in [0.25, 0.3) is 0 Å². The van der Waals surface area contributed by atoms with Gasteiger partial charge in [0.05, 0.1) is 6.26 Å². The minimum Gasteiger partial charge on any atom is -0.466 e. The second-order valence-electron chi connectivity index (χ2n) is 4.61. The Morgan fingerprint density at radius 1 is 1.53 bits per heavy atom. The molecule has 1 aromatic heterocycles. The zero-order valence-electron chi connectivity index (χ0n) is 9.20. The minimum atomic E-state index is -0.897. The van der Waals surface area contributed by atoms with Crippen molar-refractivity contribution in [3.05, 3.63) is 24.2 Å². The maximum Gasteiger partial charge on any atom is 0.136 e. The zero-order valence-corrected chi connectivity index (χ0v) is 9.20. The van der Waals surface area contributed by atoms with E-state index < -0.39 is 5.60 Å². The standard InChI is InChI=1S/C12H19NO2/c1-12(14,11-7-4-8-15-11)9-13-10-5-2-3-6-10/h4,7-8,10,13-14H,2-3,5-6,9H2,1H3. The first kappa shape index (κ1) is 10.7. The fourth-order valence-corrected chi connectivity index (χ4v) is 2.15. The van der Waals surface area contributed by atoms with Crippen molar-refractivity contribution < 1.29 is 9.52 Å². The maximum absolute atomic E-state index is 10.2. The molecule has 1 unspecified atom stereocenters. The molecule has 2 rings (SSSR count). The molecule has 84 valence electrons. The number of aliphatic hydroxyl groups is 1. The smallest absolute Gasteiger partial charge is 0.136 e. The van der Waals surface area contributed by atoms with E-state index in [1.54, 1.807) is 19.3 Å². The molecule has 0 amide bonds. The molecule has 0 spiro atoms. The van der Waals surface area contributed by atoms with Crippen LogP contribution < -0.4 is 5.32 Å². The Labute approximate surface area is 90.5 Å². The van der Waals surface area contributed by atoms with Gasteiger partial charge in [-0.2, -0.15) is 0 Å². The third kappa shape index (κ3) is 2.61. The highest BCUT2D eigenvalue weighted by molar-refractivity contribution is 5.08. The Morgan fingerprint density at radius 3 is 2.87 bits per heavy atom. The van der Waals surface area contributed by atoms with Gasteiger partial charge < -0.3 is 14.8 Å². The van der Waals surface area contributed by atoms with Crippen molar-refractivity contribution in [2.24, 2.45) is 0 Å². The van der Waals surface area contributed by atoms with Gasteiger partial charge in [-0.1, -0.05) is 12.8 Å². The second-order valence-corrected chi connectivity index (χ2v) is 4.61. The fraction of sp³-hybridized carbons (Fsp3) is 0.667. The summed E-state index contributed by atoms with van der Waals surface area (Å²) in [5.41, 5.74) is -0.897. The van der Waals surface area contributed by atoms with Crippen LogP contribution in [0.3, 0.4) is 0 Å². The van der Waals surface area contributed by atoms with Gasteiger partial charge in [0.15, 0.2) is 0 Å². The Bertz CT molecular complexity index is 287. The van der Waals surface area contributed by atoms with E-state index in [-0.39, 0.29) is 0 Å². The molecule has 0 radical (unpaired) electrons. The van der Waals surface area contributed by atoms with Crippen molar-refractivity contribution in [2.75, 3.05) is 6.54 Å². The van der Waals surface area contributed by atoms with Gasteiger partial charge in [0.1, 0.15) is 11.4 Å². The van der Waals surface area contributed by atoms with E-state index in [1.807, 2.05) is 6.07 Å². The summed E-state index contributed by atoms with van der Waals surface area (Å²) >= 11 is 0. The number of hydrogen-bond acceptors (Lipinski definition) is 3. The lowest BCUT2D eigenvalue weighted by Gasteiger charge is -2.23. The molecule has 1 saturated carbocycles. The molecule has 1 atom stereocenters. The van der Waals surface area contributed by atoms with Crippen molar-refractivity contribution >= 4 is 0 Å². The molecule has 0 aromatic carbocycles. The lowest BCUT2D eigenvalue weighted by atomic mass is 10.0. The SMILES string of the molecule is CC(O)(CNC1CCCC1)c1ccco1. The largest absolute Gasteiger partial charge is 0.466 e. The molecule has 1 aromatic rings. The van der Waals surface area contributed by atoms with Crippen LogP contribution in [0.15, 0.2) is 22.8 Å². The van der Waals surface area contributed by atoms with E-state index in [2.05, 4.69) is 5.32 Å². The van der Waals surface area contributed by atoms with Crippen LogP contribution >= 0.6 is 0 Å². The summed E-state index contributed by atoms with van der Waals surface area (Å²) in [4.78, 5) is 0. The van der Waals surface area contributed by atoms with Crippen LogP contribution in [-0.2, 0) is 5.60 Å². The first-order chi connectivity index (χ1) is 7.18. The lowest BCUT2D eigenvalue weighted by molar-refractivity contribution is 0.0317. The molecule has 0 bridgehead atoms. The van der Waals surface area contributed by atoms with Gasteiger partial charge in [-0.3, -0.25) is 0 Å². The van der Waals surface area contributed by atoms with Gasteiger partial charge in [-0.15, -0.1) is 0 Å². The number of nitrogens with one attached hydrogen (secondary N) is 1. The molecule has 1 fully saturated rings. The average Bonchev–Trinajstić information content (AvgIpc) is 2.88. The monoisotopic (exact) mass is 209 g/mol. The Balaban J connectivity index is 1.87. The van der Waals surface area contributed by atoms with E-state index in [0.717, 1.165) is 0 Å². The molecule has 1 heterocycles. The summed E-state index contributed by atoms with van der Waals surface area (Å²) < 4.78 is 5.22. The normalized spacial score (nSPS) is 21.7. The Kier molecular flexibility index (Phi) is 3.12. The van der Waals surface area contributed by atoms with Crippen LogP contribution in [0.5, 0.6) is 0 Å². The molecule has 1 aliphatic carbocycles. The molecular weight excluding hydrogens is 190 g/mol. The van der Waals surface area contributed by atoms with Crippen molar-refractivity contribution in [2.45, 2.75) is 44.2 Å². The predicted octanol–water partition coefficient (Wildman–Crippen LogP) is 2.02. The first-order valence-corrected chi connectivity index (χ1v) is 5.68. The average molecular weight is 209 g/mol. The second kappa shape index (κ2) is 4.37. The third-order valence-corrected chi connectivity index (χ3v) is 3.14. The Morgan fingerprint density at radius 2 is 2.27 bits per heavy atom. The van der Waals surface area contributed by atoms with E-state index in [9.17, 15) is 5.11 Å². The lowest BCUT2D eigenvalue weighted by Crippen LogP contribution is -2.39. The van der Waals surface area contributed by atoms with Gasteiger partial charge in [-0.25, -0.2) is 0 Å². The van der Waals surface area contributed by atoms with Crippen LogP contribution in [-0.4, -0.2) is 17.7 Å². The summed E-state index contributed by atoms with van der Waals surface area (Å²) in [6, 6.07) is 4.20.